The number of carbonyl (C=O) groups is 1. The second-order valence-electron chi connectivity index (χ2n) is 4.54. The van der Waals surface area contributed by atoms with Crippen molar-refractivity contribution in [2.45, 2.75) is 0 Å². The molecule has 1 heterocycles. The Labute approximate surface area is 122 Å². The summed E-state index contributed by atoms with van der Waals surface area (Å²) < 4.78 is 5.63. The first kappa shape index (κ1) is 14.3. The first-order chi connectivity index (χ1) is 10.0. The van der Waals surface area contributed by atoms with Crippen molar-refractivity contribution in [3.05, 3.63) is 47.8 Å². The third-order valence-electron chi connectivity index (χ3n) is 2.72. The average Bonchev–Trinajstić information content (AvgIpc) is 2.48. The van der Waals surface area contributed by atoms with Gasteiger partial charge in [-0.25, -0.2) is 0 Å². The van der Waals surface area contributed by atoms with Crippen LogP contribution in [0.4, 0.5) is 5.69 Å². The maximum Gasteiger partial charge on any atom is 0.272 e. The minimum Gasteiger partial charge on any atom is -0.455 e. The molecule has 106 valence electrons. The summed E-state index contributed by atoms with van der Waals surface area (Å²) in [5.74, 6) is 0.656. The predicted octanol–water partition coefficient (Wildman–Crippen LogP) is 2.03. The highest BCUT2D eigenvalue weighted by atomic mass is 16.5. The van der Waals surface area contributed by atoms with Gasteiger partial charge in [0.2, 0.25) is 0 Å². The fourth-order valence-corrected chi connectivity index (χ4v) is 1.66. The molecule has 0 fully saturated rings. The number of nitrogens with zero attached hydrogens (tertiary/aromatic N) is 3. The summed E-state index contributed by atoms with van der Waals surface area (Å²) in [7, 11) is 3.30. The van der Waals surface area contributed by atoms with Crippen molar-refractivity contribution in [2.24, 2.45) is 0 Å². The molecule has 0 atom stereocenters. The molecule has 2 aromatic rings. The number of hydrogen-bond acceptors (Lipinski definition) is 5. The van der Waals surface area contributed by atoms with E-state index < -0.39 is 0 Å². The van der Waals surface area contributed by atoms with E-state index in [0.29, 0.717) is 22.7 Å². The zero-order valence-corrected chi connectivity index (χ0v) is 11.7. The number of pyridine rings is 1. The molecular weight excluding hydrogens is 268 g/mol. The van der Waals surface area contributed by atoms with Gasteiger partial charge in [0.25, 0.3) is 5.91 Å². The van der Waals surface area contributed by atoms with E-state index in [9.17, 15) is 4.79 Å². The molecule has 2 rings (SSSR count). The number of aromatic nitrogens is 1. The molecule has 1 aromatic carbocycles. The van der Waals surface area contributed by atoms with Gasteiger partial charge < -0.3 is 15.4 Å². The van der Waals surface area contributed by atoms with E-state index in [1.807, 2.05) is 6.07 Å². The number of nitriles is 1. The second kappa shape index (κ2) is 5.92. The zero-order valence-electron chi connectivity index (χ0n) is 11.7. The molecule has 21 heavy (non-hydrogen) atoms. The SMILES string of the molecule is CN(C)C(=O)c1cc(Oc2ccc(C#N)cc2N)ccn1. The first-order valence-corrected chi connectivity index (χ1v) is 6.16. The van der Waals surface area contributed by atoms with Crippen molar-refractivity contribution in [3.8, 4) is 17.6 Å². The Morgan fingerprint density at radius 2 is 2.10 bits per heavy atom. The Bertz CT molecular complexity index is 720. The normalized spacial score (nSPS) is 9.76. The molecule has 0 radical (unpaired) electrons. The average molecular weight is 282 g/mol. The summed E-state index contributed by atoms with van der Waals surface area (Å²) in [5.41, 5.74) is 6.92. The lowest BCUT2D eigenvalue weighted by atomic mass is 10.2. The molecule has 1 amide bonds. The molecule has 1 aromatic heterocycles. The number of nitrogen functional groups attached to an aromatic ring is 1. The van der Waals surface area contributed by atoms with Crippen molar-refractivity contribution in [3.63, 3.8) is 0 Å². The summed E-state index contributed by atoms with van der Waals surface area (Å²) in [6.07, 6.45) is 1.49. The van der Waals surface area contributed by atoms with E-state index in [1.165, 1.54) is 17.2 Å². The van der Waals surface area contributed by atoms with Gasteiger partial charge in [-0.05, 0) is 24.3 Å². The third-order valence-corrected chi connectivity index (χ3v) is 2.72. The van der Waals surface area contributed by atoms with Crippen LogP contribution in [0.2, 0.25) is 0 Å². The molecule has 2 N–H and O–H groups in total. The van der Waals surface area contributed by atoms with Gasteiger partial charge in [-0.15, -0.1) is 0 Å². The highest BCUT2D eigenvalue weighted by molar-refractivity contribution is 5.92. The van der Waals surface area contributed by atoms with Crippen molar-refractivity contribution in [2.75, 3.05) is 19.8 Å². The van der Waals surface area contributed by atoms with Gasteiger partial charge in [-0.1, -0.05) is 0 Å². The Morgan fingerprint density at radius 1 is 1.33 bits per heavy atom. The number of ether oxygens (including phenoxy) is 1. The molecule has 0 saturated heterocycles. The van der Waals surface area contributed by atoms with Gasteiger partial charge in [0, 0.05) is 26.4 Å². The van der Waals surface area contributed by atoms with Crippen LogP contribution in [0.5, 0.6) is 11.5 Å². The van der Waals surface area contributed by atoms with Crippen LogP contribution in [0.15, 0.2) is 36.5 Å². The second-order valence-corrected chi connectivity index (χ2v) is 4.54. The summed E-state index contributed by atoms with van der Waals surface area (Å²) in [5, 5.41) is 8.80. The van der Waals surface area contributed by atoms with E-state index >= 15 is 0 Å². The van der Waals surface area contributed by atoms with E-state index in [0.717, 1.165) is 0 Å². The Balaban J connectivity index is 2.26. The molecular formula is C15H14N4O2. The van der Waals surface area contributed by atoms with E-state index in [4.69, 9.17) is 15.7 Å². The summed E-state index contributed by atoms with van der Waals surface area (Å²) in [4.78, 5) is 17.3. The van der Waals surface area contributed by atoms with Crippen LogP contribution < -0.4 is 10.5 Å². The highest BCUT2D eigenvalue weighted by Crippen LogP contribution is 2.28. The lowest BCUT2D eigenvalue weighted by Gasteiger charge is -2.11. The smallest absolute Gasteiger partial charge is 0.272 e. The minimum atomic E-state index is -0.215. The number of carbonyl (C=O) groups excluding carboxylic acids is 1. The van der Waals surface area contributed by atoms with Crippen molar-refractivity contribution >= 4 is 11.6 Å². The summed E-state index contributed by atoms with van der Waals surface area (Å²) in [6, 6.07) is 9.92. The number of hydrogen-bond donors (Lipinski definition) is 1. The molecule has 0 aliphatic carbocycles. The van der Waals surface area contributed by atoms with E-state index in [-0.39, 0.29) is 11.6 Å². The van der Waals surface area contributed by atoms with Gasteiger partial charge in [0.05, 0.1) is 17.3 Å². The van der Waals surface area contributed by atoms with E-state index in [1.54, 1.807) is 38.4 Å². The Kier molecular flexibility index (Phi) is 4.05. The van der Waals surface area contributed by atoms with Crippen LogP contribution in [0.25, 0.3) is 0 Å². The maximum atomic E-state index is 11.8. The van der Waals surface area contributed by atoms with Crippen molar-refractivity contribution in [1.29, 1.82) is 5.26 Å². The number of rotatable bonds is 3. The summed E-state index contributed by atoms with van der Waals surface area (Å²) >= 11 is 0. The number of amides is 1. The molecule has 6 heteroatoms. The largest absolute Gasteiger partial charge is 0.455 e. The van der Waals surface area contributed by atoms with Crippen LogP contribution >= 0.6 is 0 Å². The van der Waals surface area contributed by atoms with Crippen molar-refractivity contribution in [1.82, 2.24) is 9.88 Å². The molecule has 0 aliphatic rings. The first-order valence-electron chi connectivity index (χ1n) is 6.16. The summed E-state index contributed by atoms with van der Waals surface area (Å²) in [6.45, 7) is 0. The Morgan fingerprint density at radius 3 is 2.71 bits per heavy atom. The van der Waals surface area contributed by atoms with Crippen molar-refractivity contribution < 1.29 is 9.53 Å². The maximum absolute atomic E-state index is 11.8. The van der Waals surface area contributed by atoms with Crippen LogP contribution in [-0.2, 0) is 0 Å². The van der Waals surface area contributed by atoms with Crippen LogP contribution in [0.3, 0.4) is 0 Å². The number of anilines is 1. The Hall–Kier alpha value is -3.07. The molecule has 0 bridgehead atoms. The molecule has 0 aliphatic heterocycles. The molecule has 0 saturated carbocycles. The molecule has 6 nitrogen and oxygen atoms in total. The number of nitrogens with two attached hydrogens (primary N) is 1. The number of benzene rings is 1. The highest BCUT2D eigenvalue weighted by Gasteiger charge is 2.11. The fourth-order valence-electron chi connectivity index (χ4n) is 1.66. The predicted molar refractivity (Wildman–Crippen MR) is 77.9 cm³/mol. The standard InChI is InChI=1S/C15H14N4O2/c1-19(2)15(20)13-8-11(5-6-18-13)21-14-4-3-10(9-16)7-12(14)17/h3-8H,17H2,1-2H3. The molecule has 0 spiro atoms. The third kappa shape index (κ3) is 3.28. The van der Waals surface area contributed by atoms with Crippen LogP contribution in [0, 0.1) is 11.3 Å². The monoisotopic (exact) mass is 282 g/mol. The van der Waals surface area contributed by atoms with Gasteiger partial charge in [0.15, 0.2) is 0 Å². The fraction of sp³-hybridized carbons (Fsp3) is 0.133. The van der Waals surface area contributed by atoms with E-state index in [2.05, 4.69) is 4.98 Å². The minimum absolute atomic E-state index is 0.215. The quantitative estimate of drug-likeness (QED) is 0.869. The van der Waals surface area contributed by atoms with Gasteiger partial charge >= 0.3 is 0 Å². The van der Waals surface area contributed by atoms with Gasteiger partial charge in [-0.3, -0.25) is 9.78 Å². The van der Waals surface area contributed by atoms with Gasteiger partial charge in [-0.2, -0.15) is 5.26 Å². The lowest BCUT2D eigenvalue weighted by molar-refractivity contribution is 0.0821. The molecule has 0 unspecified atom stereocenters. The zero-order chi connectivity index (χ0) is 15.4. The lowest BCUT2D eigenvalue weighted by Crippen LogP contribution is -2.22. The van der Waals surface area contributed by atoms with Gasteiger partial charge in [0.1, 0.15) is 17.2 Å². The topological polar surface area (TPSA) is 92.2 Å². The van der Waals surface area contributed by atoms with Crippen LogP contribution in [0.1, 0.15) is 16.1 Å². The van der Waals surface area contributed by atoms with Crippen LogP contribution in [-0.4, -0.2) is 29.9 Å².